The average molecular weight is 502 g/mol. The second-order valence-corrected chi connectivity index (χ2v) is 8.41. The number of benzene rings is 3. The number of carbonyl (C=O) groups is 2. The minimum atomic E-state index is -0.768. The number of furan rings is 1. The van der Waals surface area contributed by atoms with E-state index in [0.29, 0.717) is 39.4 Å². The van der Waals surface area contributed by atoms with Crippen LogP contribution >= 0.6 is 11.6 Å². The van der Waals surface area contributed by atoms with Crippen molar-refractivity contribution in [1.82, 2.24) is 9.78 Å². The largest absolute Gasteiger partial charge is 0.497 e. The standard InChI is InChI=1S/C27H20ClN3O5/c1-3-31-20-12-11-16(28)14-19(20)25(33)23(30-31)27(34)29-22-18-9-4-5-10-21(18)36-26(22)24(32)15-7-6-8-17(13-15)35-2/h4-14H,3H2,1-2H3,(H,29,34). The van der Waals surface area contributed by atoms with E-state index >= 15 is 0 Å². The molecule has 0 unspecified atom stereocenters. The quantitative estimate of drug-likeness (QED) is 0.316. The fourth-order valence-electron chi connectivity index (χ4n) is 4.05. The van der Waals surface area contributed by atoms with Crippen molar-refractivity contribution >= 4 is 50.9 Å². The van der Waals surface area contributed by atoms with Crippen LogP contribution < -0.4 is 15.5 Å². The third-order valence-corrected chi connectivity index (χ3v) is 6.04. The summed E-state index contributed by atoms with van der Waals surface area (Å²) in [4.78, 5) is 40.0. The third kappa shape index (κ3) is 4.01. The fourth-order valence-corrected chi connectivity index (χ4v) is 4.22. The van der Waals surface area contributed by atoms with Crippen molar-refractivity contribution in [2.45, 2.75) is 13.5 Å². The van der Waals surface area contributed by atoms with Gasteiger partial charge in [-0.05, 0) is 49.4 Å². The van der Waals surface area contributed by atoms with E-state index in [0.717, 1.165) is 0 Å². The minimum Gasteiger partial charge on any atom is -0.497 e. The second kappa shape index (κ2) is 9.31. The molecule has 3 aromatic carbocycles. The summed E-state index contributed by atoms with van der Waals surface area (Å²) in [7, 11) is 1.50. The van der Waals surface area contributed by atoms with Gasteiger partial charge in [0.2, 0.25) is 11.2 Å². The molecule has 0 spiro atoms. The highest BCUT2D eigenvalue weighted by atomic mass is 35.5. The Bertz CT molecular complexity index is 1720. The zero-order chi connectivity index (χ0) is 25.4. The van der Waals surface area contributed by atoms with E-state index in [9.17, 15) is 14.4 Å². The predicted molar refractivity (Wildman–Crippen MR) is 137 cm³/mol. The average Bonchev–Trinajstić information content (AvgIpc) is 3.26. The Morgan fingerprint density at radius 2 is 1.86 bits per heavy atom. The molecule has 0 saturated heterocycles. The molecule has 0 aliphatic rings. The SMILES string of the molecule is CCn1nc(C(=O)Nc2c(C(=O)c3cccc(OC)c3)oc3ccccc23)c(=O)c2cc(Cl)ccc21. The van der Waals surface area contributed by atoms with Crippen LogP contribution in [-0.4, -0.2) is 28.6 Å². The summed E-state index contributed by atoms with van der Waals surface area (Å²) in [6.07, 6.45) is 0. The Morgan fingerprint density at radius 1 is 1.06 bits per heavy atom. The number of nitrogens with zero attached hydrogens (tertiary/aromatic N) is 2. The number of ether oxygens (including phenoxy) is 1. The summed E-state index contributed by atoms with van der Waals surface area (Å²) in [5.74, 6) is -0.793. The molecule has 1 amide bonds. The van der Waals surface area contributed by atoms with Gasteiger partial charge in [0.25, 0.3) is 5.91 Å². The molecule has 0 fully saturated rings. The van der Waals surface area contributed by atoms with Crippen LogP contribution in [0.2, 0.25) is 5.02 Å². The summed E-state index contributed by atoms with van der Waals surface area (Å²) in [6, 6.07) is 18.4. The summed E-state index contributed by atoms with van der Waals surface area (Å²) in [5.41, 5.74) is 0.545. The van der Waals surface area contributed by atoms with Gasteiger partial charge in [-0.2, -0.15) is 5.10 Å². The zero-order valence-electron chi connectivity index (χ0n) is 19.4. The van der Waals surface area contributed by atoms with E-state index in [2.05, 4.69) is 10.4 Å². The molecule has 36 heavy (non-hydrogen) atoms. The molecule has 5 aromatic rings. The molecule has 8 nitrogen and oxygen atoms in total. The number of anilines is 1. The number of para-hydroxylation sites is 1. The van der Waals surface area contributed by atoms with Gasteiger partial charge in [0.15, 0.2) is 11.5 Å². The van der Waals surface area contributed by atoms with Gasteiger partial charge in [-0.1, -0.05) is 35.9 Å². The topological polar surface area (TPSA) is 103 Å². The van der Waals surface area contributed by atoms with Crippen LogP contribution in [0.15, 0.2) is 75.9 Å². The molecule has 5 rings (SSSR count). The number of nitrogens with one attached hydrogen (secondary N) is 1. The van der Waals surface area contributed by atoms with Crippen molar-refractivity contribution in [2.24, 2.45) is 0 Å². The number of carbonyl (C=O) groups excluding carboxylic acids is 2. The van der Waals surface area contributed by atoms with Crippen molar-refractivity contribution in [2.75, 3.05) is 12.4 Å². The first-order chi connectivity index (χ1) is 17.4. The first-order valence-electron chi connectivity index (χ1n) is 11.1. The Balaban J connectivity index is 1.62. The molecular formula is C27H20ClN3O5. The summed E-state index contributed by atoms with van der Waals surface area (Å²) in [6.45, 7) is 2.27. The van der Waals surface area contributed by atoms with Crippen molar-refractivity contribution in [3.63, 3.8) is 0 Å². The van der Waals surface area contributed by atoms with E-state index in [1.165, 1.54) is 13.2 Å². The molecule has 2 heterocycles. The van der Waals surface area contributed by atoms with Gasteiger partial charge in [-0.25, -0.2) is 0 Å². The van der Waals surface area contributed by atoms with Crippen LogP contribution in [0.3, 0.4) is 0 Å². The molecule has 9 heteroatoms. The van der Waals surface area contributed by atoms with Crippen LogP contribution in [0.1, 0.15) is 33.5 Å². The lowest BCUT2D eigenvalue weighted by Crippen LogP contribution is -2.27. The molecule has 0 atom stereocenters. The highest BCUT2D eigenvalue weighted by molar-refractivity contribution is 6.31. The van der Waals surface area contributed by atoms with Gasteiger partial charge < -0.3 is 14.5 Å². The maximum Gasteiger partial charge on any atom is 0.280 e. The number of aromatic nitrogens is 2. The molecule has 2 aromatic heterocycles. The Morgan fingerprint density at radius 3 is 2.64 bits per heavy atom. The first kappa shape index (κ1) is 23.3. The Hall–Kier alpha value is -4.43. The van der Waals surface area contributed by atoms with E-state index in [1.54, 1.807) is 65.3 Å². The lowest BCUT2D eigenvalue weighted by molar-refractivity contribution is 0.101. The number of aryl methyl sites for hydroxylation is 1. The molecular weight excluding hydrogens is 482 g/mol. The number of hydrogen-bond donors (Lipinski definition) is 1. The number of amides is 1. The molecule has 0 saturated carbocycles. The first-order valence-corrected chi connectivity index (χ1v) is 11.5. The van der Waals surface area contributed by atoms with Crippen molar-refractivity contribution < 1.29 is 18.7 Å². The molecule has 180 valence electrons. The third-order valence-electron chi connectivity index (χ3n) is 5.80. The number of ketones is 1. The van der Waals surface area contributed by atoms with Crippen LogP contribution in [-0.2, 0) is 6.54 Å². The fraction of sp³-hybridized carbons (Fsp3) is 0.111. The van der Waals surface area contributed by atoms with Crippen molar-refractivity contribution in [3.8, 4) is 5.75 Å². The second-order valence-electron chi connectivity index (χ2n) is 7.97. The molecule has 0 bridgehead atoms. The number of rotatable bonds is 6. The number of halogens is 1. The zero-order valence-corrected chi connectivity index (χ0v) is 20.1. The van der Waals surface area contributed by atoms with Crippen molar-refractivity contribution in [3.05, 3.63) is 99.0 Å². The summed E-state index contributed by atoms with van der Waals surface area (Å²) >= 11 is 6.11. The highest BCUT2D eigenvalue weighted by Gasteiger charge is 2.26. The lowest BCUT2D eigenvalue weighted by atomic mass is 10.1. The van der Waals surface area contributed by atoms with Gasteiger partial charge in [-0.15, -0.1) is 0 Å². The van der Waals surface area contributed by atoms with Crippen LogP contribution in [0, 0.1) is 0 Å². The minimum absolute atomic E-state index is 0.0718. The normalized spacial score (nSPS) is 11.1. The van der Waals surface area contributed by atoms with E-state index < -0.39 is 17.1 Å². The maximum atomic E-state index is 13.4. The number of methoxy groups -OCH3 is 1. The van der Waals surface area contributed by atoms with Crippen molar-refractivity contribution in [1.29, 1.82) is 0 Å². The number of hydrogen-bond acceptors (Lipinski definition) is 6. The predicted octanol–water partition coefficient (Wildman–Crippen LogP) is 5.31. The van der Waals surface area contributed by atoms with E-state index in [1.807, 2.05) is 6.92 Å². The van der Waals surface area contributed by atoms with Gasteiger partial charge in [0.1, 0.15) is 11.3 Å². The van der Waals surface area contributed by atoms with Crippen LogP contribution in [0.5, 0.6) is 5.75 Å². The van der Waals surface area contributed by atoms with Crippen LogP contribution in [0.4, 0.5) is 5.69 Å². The van der Waals surface area contributed by atoms with Gasteiger partial charge >= 0.3 is 0 Å². The summed E-state index contributed by atoms with van der Waals surface area (Å²) in [5, 5.41) is 8.14. The summed E-state index contributed by atoms with van der Waals surface area (Å²) < 4.78 is 12.6. The van der Waals surface area contributed by atoms with Gasteiger partial charge in [0.05, 0.1) is 23.7 Å². The molecule has 0 aliphatic carbocycles. The highest BCUT2D eigenvalue weighted by Crippen LogP contribution is 2.33. The number of fused-ring (bicyclic) bond motifs is 2. The lowest BCUT2D eigenvalue weighted by Gasteiger charge is -2.11. The molecule has 1 N–H and O–H groups in total. The smallest absolute Gasteiger partial charge is 0.280 e. The Kier molecular flexibility index (Phi) is 6.03. The van der Waals surface area contributed by atoms with E-state index in [4.69, 9.17) is 20.8 Å². The Labute approximate surface area is 210 Å². The molecule has 0 aliphatic heterocycles. The maximum absolute atomic E-state index is 13.4. The van der Waals surface area contributed by atoms with Crippen LogP contribution in [0.25, 0.3) is 21.9 Å². The molecule has 0 radical (unpaired) electrons. The van der Waals surface area contributed by atoms with E-state index in [-0.39, 0.29) is 22.5 Å². The monoisotopic (exact) mass is 501 g/mol. The van der Waals surface area contributed by atoms with Gasteiger partial charge in [-0.3, -0.25) is 19.1 Å². The van der Waals surface area contributed by atoms with Gasteiger partial charge in [0, 0.05) is 22.5 Å².